The zero-order chi connectivity index (χ0) is 22.1. The lowest BCUT2D eigenvalue weighted by Gasteiger charge is -2.25. The van der Waals surface area contributed by atoms with Crippen molar-refractivity contribution < 1.29 is 13.2 Å². The monoisotopic (exact) mass is 491 g/mol. The Morgan fingerprint density at radius 3 is 2.72 bits per heavy atom. The number of nitrogens with zero attached hydrogens (tertiary/aromatic N) is 4. The Hall–Kier alpha value is -1.79. The van der Waals surface area contributed by atoms with Gasteiger partial charge in [-0.25, -0.2) is 23.4 Å². The number of hydrogen-bond acceptors (Lipinski definition) is 9. The van der Waals surface area contributed by atoms with Gasteiger partial charge in [-0.15, -0.1) is 11.3 Å². The number of thioether (sulfide) groups is 1. The number of morpholine rings is 1. The highest BCUT2D eigenvalue weighted by Crippen LogP contribution is 2.37. The number of nitrogen functional groups attached to an aromatic ring is 1. The van der Waals surface area contributed by atoms with Crippen LogP contribution in [-0.2, 0) is 33.4 Å². The van der Waals surface area contributed by atoms with E-state index in [4.69, 9.17) is 15.5 Å². The standard InChI is InChI=1S/C21H25N5O3S3/c22-20-19-15-4-2-1-3-5-16(15)31-21(19)25-17(24-20)13-30-18-7-6-14(12-23-18)32(27,28)26-8-10-29-11-9-26/h6-7,12H,1-5,8-11,13H2,(H2,22,24,25). The summed E-state index contributed by atoms with van der Waals surface area (Å²) >= 11 is 3.21. The molecule has 2 N–H and O–H groups in total. The third-order valence-corrected chi connectivity index (χ3v) is 9.81. The topological polar surface area (TPSA) is 111 Å². The molecular formula is C21H25N5O3S3. The maximum absolute atomic E-state index is 12.7. The summed E-state index contributed by atoms with van der Waals surface area (Å²) in [6, 6.07) is 3.34. The second-order valence-corrected chi connectivity index (χ2v) is 11.9. The molecule has 1 aliphatic carbocycles. The van der Waals surface area contributed by atoms with Gasteiger partial charge < -0.3 is 10.5 Å². The Balaban J connectivity index is 1.30. The molecule has 0 saturated carbocycles. The summed E-state index contributed by atoms with van der Waals surface area (Å²) in [6.07, 6.45) is 7.25. The smallest absolute Gasteiger partial charge is 0.244 e. The van der Waals surface area contributed by atoms with Crippen LogP contribution in [0.15, 0.2) is 28.3 Å². The lowest BCUT2D eigenvalue weighted by molar-refractivity contribution is 0.0730. The average molecular weight is 492 g/mol. The molecule has 0 spiro atoms. The lowest BCUT2D eigenvalue weighted by atomic mass is 10.1. The van der Waals surface area contributed by atoms with E-state index in [1.807, 2.05) is 0 Å². The van der Waals surface area contributed by atoms with Crippen LogP contribution in [0.4, 0.5) is 5.82 Å². The number of anilines is 1. The largest absolute Gasteiger partial charge is 0.383 e. The van der Waals surface area contributed by atoms with Crippen molar-refractivity contribution in [3.05, 3.63) is 34.6 Å². The van der Waals surface area contributed by atoms with Gasteiger partial charge >= 0.3 is 0 Å². The molecule has 1 fully saturated rings. The summed E-state index contributed by atoms with van der Waals surface area (Å²) in [7, 11) is -3.54. The Morgan fingerprint density at radius 2 is 1.94 bits per heavy atom. The molecule has 0 atom stereocenters. The molecule has 0 aromatic carbocycles. The molecule has 0 bridgehead atoms. The van der Waals surface area contributed by atoms with Crippen LogP contribution in [0.25, 0.3) is 10.2 Å². The lowest BCUT2D eigenvalue weighted by Crippen LogP contribution is -2.40. The highest BCUT2D eigenvalue weighted by Gasteiger charge is 2.26. The maximum atomic E-state index is 12.7. The molecule has 1 saturated heterocycles. The molecular weight excluding hydrogens is 466 g/mol. The molecule has 0 radical (unpaired) electrons. The number of ether oxygens (including phenoxy) is 1. The van der Waals surface area contributed by atoms with E-state index in [9.17, 15) is 8.42 Å². The Bertz CT molecular complexity index is 1220. The number of hydrogen-bond donors (Lipinski definition) is 1. The van der Waals surface area contributed by atoms with Crippen molar-refractivity contribution in [2.75, 3.05) is 32.0 Å². The minimum atomic E-state index is -3.54. The number of rotatable bonds is 5. The first kappa shape index (κ1) is 22.0. The normalized spacial score (nSPS) is 17.9. The summed E-state index contributed by atoms with van der Waals surface area (Å²) < 4.78 is 32.2. The van der Waals surface area contributed by atoms with Crippen molar-refractivity contribution in [2.45, 2.75) is 47.8 Å². The third-order valence-electron chi connectivity index (χ3n) is 5.81. The molecule has 170 valence electrons. The summed E-state index contributed by atoms with van der Waals surface area (Å²) in [5, 5.41) is 1.76. The van der Waals surface area contributed by atoms with Gasteiger partial charge in [0.25, 0.3) is 0 Å². The molecule has 1 aliphatic heterocycles. The van der Waals surface area contributed by atoms with Gasteiger partial charge in [-0.3, -0.25) is 0 Å². The number of aryl methyl sites for hydroxylation is 2. The summed E-state index contributed by atoms with van der Waals surface area (Å²) in [5.74, 6) is 1.75. The van der Waals surface area contributed by atoms with Crippen LogP contribution in [0.2, 0.25) is 0 Å². The van der Waals surface area contributed by atoms with Gasteiger partial charge in [-0.05, 0) is 43.4 Å². The molecule has 2 aliphatic rings. The van der Waals surface area contributed by atoms with Gasteiger partial charge in [0.15, 0.2) is 0 Å². The summed E-state index contributed by atoms with van der Waals surface area (Å²) in [6.45, 7) is 1.57. The number of pyridine rings is 1. The van der Waals surface area contributed by atoms with Crippen LogP contribution >= 0.6 is 23.1 Å². The summed E-state index contributed by atoms with van der Waals surface area (Å²) in [5.41, 5.74) is 7.68. The number of nitrogens with two attached hydrogens (primary N) is 1. The Labute approximate surface area is 195 Å². The molecule has 3 aromatic heterocycles. The van der Waals surface area contributed by atoms with E-state index in [1.54, 1.807) is 23.5 Å². The molecule has 11 heteroatoms. The third kappa shape index (κ3) is 4.36. The van der Waals surface area contributed by atoms with Crippen LogP contribution in [0.5, 0.6) is 0 Å². The second kappa shape index (κ2) is 9.22. The van der Waals surface area contributed by atoms with E-state index in [0.29, 0.717) is 43.7 Å². The highest BCUT2D eigenvalue weighted by molar-refractivity contribution is 7.98. The molecule has 0 amide bonds. The second-order valence-electron chi connectivity index (χ2n) is 7.91. The van der Waals surface area contributed by atoms with Gasteiger partial charge in [-0.1, -0.05) is 18.2 Å². The van der Waals surface area contributed by atoms with Gasteiger partial charge in [0, 0.05) is 24.2 Å². The predicted octanol–water partition coefficient (Wildman–Crippen LogP) is 3.25. The van der Waals surface area contributed by atoms with Gasteiger partial charge in [0.1, 0.15) is 21.4 Å². The van der Waals surface area contributed by atoms with Crippen molar-refractivity contribution in [1.82, 2.24) is 19.3 Å². The Kier molecular flexibility index (Phi) is 6.35. The Morgan fingerprint density at radius 1 is 1.12 bits per heavy atom. The van der Waals surface area contributed by atoms with Crippen molar-refractivity contribution in [3.63, 3.8) is 0 Å². The quantitative estimate of drug-likeness (QED) is 0.428. The van der Waals surface area contributed by atoms with Crippen LogP contribution in [0.1, 0.15) is 35.5 Å². The minimum absolute atomic E-state index is 0.200. The molecule has 3 aromatic rings. The van der Waals surface area contributed by atoms with Crippen molar-refractivity contribution in [2.24, 2.45) is 0 Å². The maximum Gasteiger partial charge on any atom is 0.244 e. The molecule has 8 nitrogen and oxygen atoms in total. The zero-order valence-electron chi connectivity index (χ0n) is 17.6. The fraction of sp³-hybridized carbons (Fsp3) is 0.476. The van der Waals surface area contributed by atoms with Crippen molar-refractivity contribution in [1.29, 1.82) is 0 Å². The minimum Gasteiger partial charge on any atom is -0.383 e. The van der Waals surface area contributed by atoms with Gasteiger partial charge in [-0.2, -0.15) is 4.31 Å². The number of aromatic nitrogens is 3. The SMILES string of the molecule is Nc1nc(CSc2ccc(S(=O)(=O)N3CCOCC3)cn2)nc2sc3c(c12)CCCCC3. The van der Waals surface area contributed by atoms with Crippen LogP contribution < -0.4 is 5.73 Å². The van der Waals surface area contributed by atoms with E-state index in [1.165, 1.54) is 52.0 Å². The zero-order valence-corrected chi connectivity index (χ0v) is 20.1. The molecule has 5 rings (SSSR count). The van der Waals surface area contributed by atoms with E-state index in [-0.39, 0.29) is 4.90 Å². The number of thiophene rings is 1. The predicted molar refractivity (Wildman–Crippen MR) is 126 cm³/mol. The van der Waals surface area contributed by atoms with E-state index in [2.05, 4.69) is 9.97 Å². The van der Waals surface area contributed by atoms with Crippen molar-refractivity contribution in [3.8, 4) is 0 Å². The van der Waals surface area contributed by atoms with Crippen LogP contribution in [0, 0.1) is 0 Å². The van der Waals surface area contributed by atoms with Crippen LogP contribution in [-0.4, -0.2) is 54.0 Å². The van der Waals surface area contributed by atoms with Gasteiger partial charge in [0.05, 0.1) is 29.4 Å². The first-order valence-electron chi connectivity index (χ1n) is 10.8. The highest BCUT2D eigenvalue weighted by atomic mass is 32.2. The van der Waals surface area contributed by atoms with Gasteiger partial charge in [0.2, 0.25) is 10.0 Å². The van der Waals surface area contributed by atoms with Crippen LogP contribution in [0.3, 0.4) is 0 Å². The summed E-state index contributed by atoms with van der Waals surface area (Å²) in [4.78, 5) is 16.2. The fourth-order valence-corrected chi connectivity index (χ4v) is 7.49. The van der Waals surface area contributed by atoms with E-state index >= 15 is 0 Å². The first-order valence-corrected chi connectivity index (χ1v) is 14.0. The number of fused-ring (bicyclic) bond motifs is 3. The molecule has 0 unspecified atom stereocenters. The van der Waals surface area contributed by atoms with E-state index in [0.717, 1.165) is 28.1 Å². The average Bonchev–Trinajstić information content (AvgIpc) is 3.00. The van der Waals surface area contributed by atoms with E-state index < -0.39 is 10.0 Å². The fourth-order valence-electron chi connectivity index (χ4n) is 4.15. The first-order chi connectivity index (χ1) is 15.5. The molecule has 4 heterocycles. The van der Waals surface area contributed by atoms with Crippen molar-refractivity contribution >= 4 is 49.2 Å². The number of sulfonamides is 1. The molecule has 32 heavy (non-hydrogen) atoms.